The van der Waals surface area contributed by atoms with E-state index in [2.05, 4.69) is 42.2 Å². The number of benzene rings is 2. The third kappa shape index (κ3) is 1.39. The first-order valence-electron chi connectivity index (χ1n) is 5.24. The standard InChI is InChI=1S/C14H11NO/c1-10-5-7-11(8-6-10)12-3-2-4-13-14(12)16-9-15-13/h2-9H,1H3. The van der Waals surface area contributed by atoms with Crippen molar-refractivity contribution < 1.29 is 4.42 Å². The summed E-state index contributed by atoms with van der Waals surface area (Å²) in [6.07, 6.45) is 1.49. The van der Waals surface area contributed by atoms with Gasteiger partial charge in [-0.25, -0.2) is 4.98 Å². The van der Waals surface area contributed by atoms with Gasteiger partial charge >= 0.3 is 0 Å². The van der Waals surface area contributed by atoms with Crippen molar-refractivity contribution in [1.82, 2.24) is 4.98 Å². The van der Waals surface area contributed by atoms with E-state index in [1.165, 1.54) is 12.0 Å². The Morgan fingerprint density at radius 2 is 1.81 bits per heavy atom. The van der Waals surface area contributed by atoms with Gasteiger partial charge in [0.15, 0.2) is 12.0 Å². The molecule has 2 heteroatoms. The Bertz CT molecular complexity index is 623. The predicted molar refractivity (Wildman–Crippen MR) is 64.2 cm³/mol. The van der Waals surface area contributed by atoms with Crippen molar-refractivity contribution in [3.63, 3.8) is 0 Å². The quantitative estimate of drug-likeness (QED) is 0.609. The lowest BCUT2D eigenvalue weighted by atomic mass is 10.0. The van der Waals surface area contributed by atoms with Gasteiger partial charge in [-0.05, 0) is 18.6 Å². The van der Waals surface area contributed by atoms with Gasteiger partial charge in [-0.1, -0.05) is 42.0 Å². The number of aromatic nitrogens is 1. The molecular formula is C14H11NO. The number of fused-ring (bicyclic) bond motifs is 1. The highest BCUT2D eigenvalue weighted by molar-refractivity contribution is 5.89. The Labute approximate surface area is 93.5 Å². The first-order valence-corrected chi connectivity index (χ1v) is 5.24. The number of rotatable bonds is 1. The summed E-state index contributed by atoms with van der Waals surface area (Å²) in [4.78, 5) is 4.16. The van der Waals surface area contributed by atoms with Crippen LogP contribution in [-0.4, -0.2) is 4.98 Å². The van der Waals surface area contributed by atoms with Gasteiger partial charge in [0.1, 0.15) is 5.52 Å². The van der Waals surface area contributed by atoms with Gasteiger partial charge in [0.2, 0.25) is 0 Å². The topological polar surface area (TPSA) is 26.0 Å². The lowest BCUT2D eigenvalue weighted by molar-refractivity contribution is 0.603. The number of aryl methyl sites for hydroxylation is 1. The molecule has 0 saturated carbocycles. The van der Waals surface area contributed by atoms with E-state index < -0.39 is 0 Å². The van der Waals surface area contributed by atoms with Crippen molar-refractivity contribution in [2.45, 2.75) is 6.92 Å². The molecule has 0 saturated heterocycles. The molecule has 0 aliphatic carbocycles. The Hall–Kier alpha value is -2.09. The molecule has 3 aromatic rings. The molecular weight excluding hydrogens is 198 g/mol. The number of para-hydroxylation sites is 1. The number of oxazole rings is 1. The highest BCUT2D eigenvalue weighted by Gasteiger charge is 2.06. The van der Waals surface area contributed by atoms with E-state index in [4.69, 9.17) is 4.42 Å². The van der Waals surface area contributed by atoms with Gasteiger partial charge in [0.05, 0.1) is 0 Å². The lowest BCUT2D eigenvalue weighted by Crippen LogP contribution is -1.79. The second kappa shape index (κ2) is 3.49. The number of hydrogen-bond acceptors (Lipinski definition) is 2. The molecule has 0 fully saturated rings. The Morgan fingerprint density at radius 1 is 1.00 bits per heavy atom. The van der Waals surface area contributed by atoms with E-state index in [1.54, 1.807) is 0 Å². The average molecular weight is 209 g/mol. The van der Waals surface area contributed by atoms with Crippen molar-refractivity contribution >= 4 is 11.1 Å². The van der Waals surface area contributed by atoms with Gasteiger partial charge in [0.25, 0.3) is 0 Å². The summed E-state index contributed by atoms with van der Waals surface area (Å²) in [7, 11) is 0. The van der Waals surface area contributed by atoms with Crippen LogP contribution < -0.4 is 0 Å². The molecule has 0 spiro atoms. The van der Waals surface area contributed by atoms with Crippen molar-refractivity contribution in [2.24, 2.45) is 0 Å². The molecule has 78 valence electrons. The minimum absolute atomic E-state index is 0.853. The summed E-state index contributed by atoms with van der Waals surface area (Å²) in [6, 6.07) is 14.4. The molecule has 0 bridgehead atoms. The number of hydrogen-bond donors (Lipinski definition) is 0. The minimum Gasteiger partial charge on any atom is -0.443 e. The first kappa shape index (κ1) is 9.16. The second-order valence-corrected chi connectivity index (χ2v) is 3.87. The van der Waals surface area contributed by atoms with Crippen LogP contribution in [0.25, 0.3) is 22.2 Å². The lowest BCUT2D eigenvalue weighted by Gasteiger charge is -2.02. The summed E-state index contributed by atoms with van der Waals surface area (Å²) in [6.45, 7) is 2.08. The largest absolute Gasteiger partial charge is 0.443 e. The molecule has 0 radical (unpaired) electrons. The van der Waals surface area contributed by atoms with E-state index in [9.17, 15) is 0 Å². The van der Waals surface area contributed by atoms with Crippen LogP contribution in [0, 0.1) is 6.92 Å². The SMILES string of the molecule is Cc1ccc(-c2cccc3ncoc23)cc1. The van der Waals surface area contributed by atoms with Crippen LogP contribution in [0.4, 0.5) is 0 Å². The molecule has 3 rings (SSSR count). The minimum atomic E-state index is 0.853. The third-order valence-electron chi connectivity index (χ3n) is 2.72. The fourth-order valence-electron chi connectivity index (χ4n) is 1.85. The van der Waals surface area contributed by atoms with Crippen LogP contribution in [0.3, 0.4) is 0 Å². The average Bonchev–Trinajstić information content (AvgIpc) is 2.78. The predicted octanol–water partition coefficient (Wildman–Crippen LogP) is 3.80. The zero-order chi connectivity index (χ0) is 11.0. The molecule has 0 aliphatic rings. The van der Waals surface area contributed by atoms with Crippen LogP contribution in [0.2, 0.25) is 0 Å². The Kier molecular flexibility index (Phi) is 2.00. The fourth-order valence-corrected chi connectivity index (χ4v) is 1.85. The van der Waals surface area contributed by atoms with E-state index in [1.807, 2.05) is 12.1 Å². The highest BCUT2D eigenvalue weighted by atomic mass is 16.3. The third-order valence-corrected chi connectivity index (χ3v) is 2.72. The summed E-state index contributed by atoms with van der Waals surface area (Å²) in [5.41, 5.74) is 5.26. The van der Waals surface area contributed by atoms with Gasteiger partial charge in [0, 0.05) is 5.56 Å². The fraction of sp³-hybridized carbons (Fsp3) is 0.0714. The maximum atomic E-state index is 5.42. The Balaban J connectivity index is 2.25. The maximum Gasteiger partial charge on any atom is 0.182 e. The molecule has 0 amide bonds. The molecule has 0 N–H and O–H groups in total. The van der Waals surface area contributed by atoms with Gasteiger partial charge < -0.3 is 4.42 Å². The highest BCUT2D eigenvalue weighted by Crippen LogP contribution is 2.27. The smallest absolute Gasteiger partial charge is 0.182 e. The molecule has 0 atom stereocenters. The molecule has 1 aromatic heterocycles. The monoisotopic (exact) mass is 209 g/mol. The first-order chi connectivity index (χ1) is 7.84. The zero-order valence-electron chi connectivity index (χ0n) is 8.97. The van der Waals surface area contributed by atoms with Crippen molar-refractivity contribution in [3.8, 4) is 11.1 Å². The van der Waals surface area contributed by atoms with Crippen LogP contribution in [0.5, 0.6) is 0 Å². The van der Waals surface area contributed by atoms with E-state index in [-0.39, 0.29) is 0 Å². The molecule has 2 aromatic carbocycles. The molecule has 16 heavy (non-hydrogen) atoms. The van der Waals surface area contributed by atoms with Crippen LogP contribution in [-0.2, 0) is 0 Å². The normalized spacial score (nSPS) is 10.8. The van der Waals surface area contributed by atoms with E-state index in [0.717, 1.165) is 22.2 Å². The molecule has 1 heterocycles. The van der Waals surface area contributed by atoms with Gasteiger partial charge in [-0.3, -0.25) is 0 Å². The maximum absolute atomic E-state index is 5.42. The summed E-state index contributed by atoms with van der Waals surface area (Å²) >= 11 is 0. The Morgan fingerprint density at radius 3 is 2.62 bits per heavy atom. The van der Waals surface area contributed by atoms with Crippen molar-refractivity contribution in [3.05, 3.63) is 54.4 Å². The molecule has 0 unspecified atom stereocenters. The summed E-state index contributed by atoms with van der Waals surface area (Å²) in [5.74, 6) is 0. The molecule has 0 aliphatic heterocycles. The molecule has 2 nitrogen and oxygen atoms in total. The van der Waals surface area contributed by atoms with Crippen LogP contribution in [0.1, 0.15) is 5.56 Å². The van der Waals surface area contributed by atoms with E-state index >= 15 is 0 Å². The van der Waals surface area contributed by atoms with Gasteiger partial charge in [-0.15, -0.1) is 0 Å². The van der Waals surface area contributed by atoms with Crippen LogP contribution in [0.15, 0.2) is 53.3 Å². The van der Waals surface area contributed by atoms with Crippen LogP contribution >= 0.6 is 0 Å². The van der Waals surface area contributed by atoms with Crippen molar-refractivity contribution in [1.29, 1.82) is 0 Å². The van der Waals surface area contributed by atoms with Crippen molar-refractivity contribution in [2.75, 3.05) is 0 Å². The van der Waals surface area contributed by atoms with Gasteiger partial charge in [-0.2, -0.15) is 0 Å². The van der Waals surface area contributed by atoms with E-state index in [0.29, 0.717) is 0 Å². The zero-order valence-corrected chi connectivity index (χ0v) is 8.97. The summed E-state index contributed by atoms with van der Waals surface area (Å²) in [5, 5.41) is 0. The number of nitrogens with zero attached hydrogens (tertiary/aromatic N) is 1. The second-order valence-electron chi connectivity index (χ2n) is 3.87. The summed E-state index contributed by atoms with van der Waals surface area (Å²) < 4.78 is 5.42.